The van der Waals surface area contributed by atoms with Gasteiger partial charge < -0.3 is 5.32 Å². The quantitative estimate of drug-likeness (QED) is 0.610. The van der Waals surface area contributed by atoms with Gasteiger partial charge in [0, 0.05) is 16.8 Å². The predicted molar refractivity (Wildman–Crippen MR) is 84.9 cm³/mol. The fourth-order valence-electron chi connectivity index (χ4n) is 1.67. The van der Waals surface area contributed by atoms with Crippen LogP contribution in [0.15, 0.2) is 34.5 Å². The van der Waals surface area contributed by atoms with Crippen LogP contribution < -0.4 is 5.32 Å². The molecule has 4 heteroatoms. The fraction of sp³-hybridized carbons (Fsp3) is 0.400. The van der Waals surface area contributed by atoms with Crippen molar-refractivity contribution < 1.29 is 0 Å². The second-order valence-electron chi connectivity index (χ2n) is 4.51. The van der Waals surface area contributed by atoms with Crippen molar-refractivity contribution in [3.05, 3.63) is 45.9 Å². The Kier molecular flexibility index (Phi) is 5.89. The zero-order chi connectivity index (χ0) is 13.5. The molecule has 0 saturated carbocycles. The van der Waals surface area contributed by atoms with Crippen molar-refractivity contribution >= 4 is 23.1 Å². The van der Waals surface area contributed by atoms with E-state index in [2.05, 4.69) is 53.8 Å². The number of hydrogen-bond acceptors (Lipinski definition) is 4. The summed E-state index contributed by atoms with van der Waals surface area (Å²) in [5, 5.41) is 6.75. The third-order valence-electron chi connectivity index (χ3n) is 2.72. The molecule has 0 saturated heterocycles. The molecule has 0 bridgehead atoms. The first-order chi connectivity index (χ1) is 9.28. The van der Waals surface area contributed by atoms with Gasteiger partial charge in [-0.15, -0.1) is 23.1 Å². The Balaban J connectivity index is 1.81. The minimum absolute atomic E-state index is 0.888. The number of thioether (sulfide) groups is 1. The molecule has 0 radical (unpaired) electrons. The van der Waals surface area contributed by atoms with E-state index in [-0.39, 0.29) is 0 Å². The summed E-state index contributed by atoms with van der Waals surface area (Å²) >= 11 is 3.61. The molecular formula is C15H20N2S2. The normalized spacial score (nSPS) is 10.8. The maximum absolute atomic E-state index is 4.65. The number of aryl methyl sites for hydroxylation is 1. The molecule has 0 unspecified atom stereocenters. The van der Waals surface area contributed by atoms with Gasteiger partial charge in [-0.05, 0) is 32.0 Å². The lowest BCUT2D eigenvalue weighted by Gasteiger charge is -2.00. The van der Waals surface area contributed by atoms with Crippen molar-refractivity contribution in [3.63, 3.8) is 0 Å². The van der Waals surface area contributed by atoms with Gasteiger partial charge in [-0.25, -0.2) is 4.98 Å². The van der Waals surface area contributed by atoms with E-state index in [9.17, 15) is 0 Å². The summed E-state index contributed by atoms with van der Waals surface area (Å²) in [4.78, 5) is 5.96. The molecule has 0 aliphatic rings. The molecule has 0 spiro atoms. The van der Waals surface area contributed by atoms with E-state index < -0.39 is 0 Å². The molecule has 1 aromatic heterocycles. The Labute approximate surface area is 123 Å². The van der Waals surface area contributed by atoms with Gasteiger partial charge in [0.2, 0.25) is 0 Å². The van der Waals surface area contributed by atoms with Gasteiger partial charge in [-0.1, -0.05) is 24.6 Å². The molecule has 0 atom stereocenters. The van der Waals surface area contributed by atoms with Gasteiger partial charge in [0.15, 0.2) is 0 Å². The van der Waals surface area contributed by atoms with E-state index in [1.165, 1.54) is 21.9 Å². The van der Waals surface area contributed by atoms with Crippen LogP contribution in [-0.4, -0.2) is 11.5 Å². The summed E-state index contributed by atoms with van der Waals surface area (Å²) in [6.45, 7) is 6.24. The average molecular weight is 292 g/mol. The van der Waals surface area contributed by atoms with Crippen molar-refractivity contribution in [1.29, 1.82) is 0 Å². The van der Waals surface area contributed by atoms with Crippen molar-refractivity contribution in [1.82, 2.24) is 10.3 Å². The zero-order valence-corrected chi connectivity index (χ0v) is 13.1. The SMILES string of the molecule is CCCNCc1csc(CSc2ccc(C)cc2)n1. The minimum atomic E-state index is 0.888. The molecule has 1 aromatic carbocycles. The standard InChI is InChI=1S/C15H20N2S2/c1-3-8-16-9-13-10-19-15(17-13)11-18-14-6-4-12(2)5-7-14/h4-7,10,16H,3,8-9,11H2,1-2H3. The van der Waals surface area contributed by atoms with Crippen LogP contribution in [0.3, 0.4) is 0 Å². The highest BCUT2D eigenvalue weighted by Gasteiger charge is 2.02. The van der Waals surface area contributed by atoms with Gasteiger partial charge in [-0.2, -0.15) is 0 Å². The van der Waals surface area contributed by atoms with Crippen molar-refractivity contribution in [2.45, 2.75) is 37.5 Å². The van der Waals surface area contributed by atoms with Gasteiger partial charge in [0.1, 0.15) is 5.01 Å². The summed E-state index contributed by atoms with van der Waals surface area (Å²) in [6.07, 6.45) is 1.17. The van der Waals surface area contributed by atoms with Crippen LogP contribution in [0.5, 0.6) is 0 Å². The van der Waals surface area contributed by atoms with Gasteiger partial charge in [0.25, 0.3) is 0 Å². The van der Waals surface area contributed by atoms with Crippen LogP contribution >= 0.6 is 23.1 Å². The highest BCUT2D eigenvalue weighted by Crippen LogP contribution is 2.24. The van der Waals surface area contributed by atoms with E-state index in [4.69, 9.17) is 0 Å². The van der Waals surface area contributed by atoms with E-state index in [0.717, 1.165) is 24.5 Å². The second kappa shape index (κ2) is 7.68. The number of benzene rings is 1. The van der Waals surface area contributed by atoms with Crippen LogP contribution in [0.2, 0.25) is 0 Å². The molecule has 2 rings (SSSR count). The predicted octanol–water partition coefficient (Wildman–Crippen LogP) is 4.24. The highest BCUT2D eigenvalue weighted by atomic mass is 32.2. The Hall–Kier alpha value is -0.840. The lowest BCUT2D eigenvalue weighted by Crippen LogP contribution is -2.13. The van der Waals surface area contributed by atoms with E-state index >= 15 is 0 Å². The first kappa shape index (κ1) is 14.6. The third kappa shape index (κ3) is 4.97. The van der Waals surface area contributed by atoms with Crippen LogP contribution in [-0.2, 0) is 12.3 Å². The lowest BCUT2D eigenvalue weighted by atomic mass is 10.2. The summed E-state index contributed by atoms with van der Waals surface area (Å²) in [5.74, 6) is 0.960. The third-order valence-corrected chi connectivity index (χ3v) is 4.82. The molecule has 0 aliphatic carbocycles. The summed E-state index contributed by atoms with van der Waals surface area (Å²) in [7, 11) is 0. The molecular weight excluding hydrogens is 272 g/mol. The van der Waals surface area contributed by atoms with E-state index in [1.807, 2.05) is 11.8 Å². The topological polar surface area (TPSA) is 24.9 Å². The zero-order valence-electron chi connectivity index (χ0n) is 11.5. The van der Waals surface area contributed by atoms with E-state index in [1.54, 1.807) is 11.3 Å². The van der Waals surface area contributed by atoms with Gasteiger partial charge in [-0.3, -0.25) is 0 Å². The Morgan fingerprint density at radius 3 is 2.79 bits per heavy atom. The van der Waals surface area contributed by atoms with Crippen LogP contribution in [0, 0.1) is 6.92 Å². The summed E-state index contributed by atoms with van der Waals surface area (Å²) in [5.41, 5.74) is 2.47. The molecule has 1 heterocycles. The number of nitrogens with one attached hydrogen (secondary N) is 1. The largest absolute Gasteiger partial charge is 0.311 e. The molecule has 19 heavy (non-hydrogen) atoms. The van der Waals surface area contributed by atoms with Crippen molar-refractivity contribution in [3.8, 4) is 0 Å². The van der Waals surface area contributed by atoms with Crippen LogP contribution in [0.1, 0.15) is 29.6 Å². The fourth-order valence-corrected chi connectivity index (χ4v) is 3.38. The highest BCUT2D eigenvalue weighted by molar-refractivity contribution is 7.98. The van der Waals surface area contributed by atoms with Crippen molar-refractivity contribution in [2.24, 2.45) is 0 Å². The maximum Gasteiger partial charge on any atom is 0.103 e. The molecule has 1 N–H and O–H groups in total. The first-order valence-electron chi connectivity index (χ1n) is 6.61. The summed E-state index contributed by atoms with van der Waals surface area (Å²) in [6, 6.07) is 8.67. The van der Waals surface area contributed by atoms with Gasteiger partial charge >= 0.3 is 0 Å². The number of nitrogens with zero attached hydrogens (tertiary/aromatic N) is 1. The summed E-state index contributed by atoms with van der Waals surface area (Å²) < 4.78 is 0. The molecule has 2 nitrogen and oxygen atoms in total. The molecule has 2 aromatic rings. The number of aromatic nitrogens is 1. The Morgan fingerprint density at radius 2 is 2.05 bits per heavy atom. The number of thiazole rings is 1. The Morgan fingerprint density at radius 1 is 1.26 bits per heavy atom. The average Bonchev–Trinajstić information content (AvgIpc) is 2.86. The molecule has 0 amide bonds. The van der Waals surface area contributed by atoms with Crippen molar-refractivity contribution in [2.75, 3.05) is 6.54 Å². The smallest absolute Gasteiger partial charge is 0.103 e. The monoisotopic (exact) mass is 292 g/mol. The minimum Gasteiger partial charge on any atom is -0.311 e. The van der Waals surface area contributed by atoms with E-state index in [0.29, 0.717) is 0 Å². The molecule has 102 valence electrons. The first-order valence-corrected chi connectivity index (χ1v) is 8.48. The number of rotatable bonds is 7. The van der Waals surface area contributed by atoms with Gasteiger partial charge in [0.05, 0.1) is 11.4 Å². The second-order valence-corrected chi connectivity index (χ2v) is 6.50. The number of hydrogen-bond donors (Lipinski definition) is 1. The molecule has 0 aliphatic heterocycles. The maximum atomic E-state index is 4.65. The van der Waals surface area contributed by atoms with Crippen LogP contribution in [0.25, 0.3) is 0 Å². The lowest BCUT2D eigenvalue weighted by molar-refractivity contribution is 0.666. The molecule has 0 fully saturated rings. The van der Waals surface area contributed by atoms with Crippen LogP contribution in [0.4, 0.5) is 0 Å². The Bertz CT molecular complexity index is 491.